The van der Waals surface area contributed by atoms with Crippen molar-refractivity contribution in [1.29, 1.82) is 0 Å². The molecule has 0 radical (unpaired) electrons. The molecule has 0 saturated heterocycles. The summed E-state index contributed by atoms with van der Waals surface area (Å²) < 4.78 is 18.2. The predicted octanol–water partition coefficient (Wildman–Crippen LogP) is 4.34. The second kappa shape index (κ2) is 8.61. The highest BCUT2D eigenvalue weighted by Crippen LogP contribution is 2.17. The Labute approximate surface area is 163 Å². The van der Waals surface area contributed by atoms with Gasteiger partial charge in [-0.1, -0.05) is 18.2 Å². The molecule has 3 aromatic rings. The molecule has 0 unspecified atom stereocenters. The Morgan fingerprint density at radius 3 is 2.50 bits per heavy atom. The van der Waals surface area contributed by atoms with Gasteiger partial charge in [0, 0.05) is 23.5 Å². The number of para-hydroxylation sites is 1. The number of ether oxygens (including phenoxy) is 2. The van der Waals surface area contributed by atoms with Gasteiger partial charge in [0.1, 0.15) is 18.1 Å². The van der Waals surface area contributed by atoms with Crippen LogP contribution in [-0.4, -0.2) is 22.9 Å². The molecule has 6 nitrogen and oxygen atoms in total. The van der Waals surface area contributed by atoms with E-state index in [4.69, 9.17) is 13.9 Å². The zero-order valence-corrected chi connectivity index (χ0v) is 16.2. The number of benzene rings is 1. The van der Waals surface area contributed by atoms with Crippen LogP contribution < -0.4 is 4.74 Å². The number of carbonyl (C=O) groups excluding carboxylic acids is 2. The maximum atomic E-state index is 12.4. The number of esters is 1. The molecule has 2 aromatic heterocycles. The first kappa shape index (κ1) is 19.5. The third kappa shape index (κ3) is 4.34. The standard InChI is InChI=1S/C22H23NO5/c1-4-23-15(2)12-19(16(23)3)20(24)14-27-22(25)21-11-10-18(28-21)13-26-17-8-6-5-7-9-17/h5-12H,4,13-14H2,1-3H3. The molecule has 0 amide bonds. The average molecular weight is 381 g/mol. The third-order valence-corrected chi connectivity index (χ3v) is 4.51. The van der Waals surface area contributed by atoms with Crippen LogP contribution in [0.1, 0.15) is 45.0 Å². The fourth-order valence-corrected chi connectivity index (χ4v) is 3.09. The van der Waals surface area contributed by atoms with E-state index in [2.05, 4.69) is 0 Å². The summed E-state index contributed by atoms with van der Waals surface area (Å²) in [5, 5.41) is 0. The molecular formula is C22H23NO5. The number of hydrogen-bond donors (Lipinski definition) is 0. The lowest BCUT2D eigenvalue weighted by Crippen LogP contribution is -2.14. The summed E-state index contributed by atoms with van der Waals surface area (Å²) >= 11 is 0. The molecule has 0 N–H and O–H groups in total. The molecule has 1 aromatic carbocycles. The highest BCUT2D eigenvalue weighted by molar-refractivity contribution is 6.00. The van der Waals surface area contributed by atoms with Crippen molar-refractivity contribution in [1.82, 2.24) is 4.57 Å². The molecule has 0 aliphatic carbocycles. The number of ketones is 1. The normalized spacial score (nSPS) is 10.7. The van der Waals surface area contributed by atoms with Crippen LogP contribution in [0.25, 0.3) is 0 Å². The second-order valence-corrected chi connectivity index (χ2v) is 6.40. The van der Waals surface area contributed by atoms with Crippen molar-refractivity contribution >= 4 is 11.8 Å². The molecule has 0 spiro atoms. The monoisotopic (exact) mass is 381 g/mol. The van der Waals surface area contributed by atoms with Gasteiger partial charge >= 0.3 is 5.97 Å². The Balaban J connectivity index is 1.55. The number of furan rings is 1. The topological polar surface area (TPSA) is 70.7 Å². The smallest absolute Gasteiger partial charge is 0.374 e. The molecule has 3 rings (SSSR count). The summed E-state index contributed by atoms with van der Waals surface area (Å²) in [5.41, 5.74) is 2.45. The first-order valence-electron chi connectivity index (χ1n) is 9.13. The van der Waals surface area contributed by atoms with E-state index >= 15 is 0 Å². The molecule has 28 heavy (non-hydrogen) atoms. The summed E-state index contributed by atoms with van der Waals surface area (Å²) in [7, 11) is 0. The molecular weight excluding hydrogens is 358 g/mol. The van der Waals surface area contributed by atoms with Crippen LogP contribution >= 0.6 is 0 Å². The molecule has 2 heterocycles. The van der Waals surface area contributed by atoms with E-state index in [9.17, 15) is 9.59 Å². The minimum atomic E-state index is -0.677. The molecule has 0 aliphatic rings. The van der Waals surface area contributed by atoms with Crippen molar-refractivity contribution < 1.29 is 23.5 Å². The van der Waals surface area contributed by atoms with Crippen molar-refractivity contribution in [3.05, 3.63) is 77.0 Å². The fourth-order valence-electron chi connectivity index (χ4n) is 3.09. The molecule has 0 atom stereocenters. The van der Waals surface area contributed by atoms with Crippen LogP contribution in [0.4, 0.5) is 0 Å². The van der Waals surface area contributed by atoms with Gasteiger partial charge in [-0.3, -0.25) is 4.79 Å². The molecule has 146 valence electrons. The van der Waals surface area contributed by atoms with E-state index in [0.717, 1.165) is 17.9 Å². The highest BCUT2D eigenvalue weighted by Gasteiger charge is 2.19. The highest BCUT2D eigenvalue weighted by atomic mass is 16.5. The quantitative estimate of drug-likeness (QED) is 0.429. The number of aryl methyl sites for hydroxylation is 1. The maximum absolute atomic E-state index is 12.4. The second-order valence-electron chi connectivity index (χ2n) is 6.40. The lowest BCUT2D eigenvalue weighted by atomic mass is 10.1. The van der Waals surface area contributed by atoms with E-state index in [0.29, 0.717) is 17.1 Å². The minimum Gasteiger partial charge on any atom is -0.486 e. The SMILES string of the molecule is CCn1c(C)cc(C(=O)COC(=O)c2ccc(COc3ccccc3)o2)c1C. The van der Waals surface area contributed by atoms with Crippen molar-refractivity contribution in [3.63, 3.8) is 0 Å². The van der Waals surface area contributed by atoms with E-state index in [-0.39, 0.29) is 24.8 Å². The Morgan fingerprint density at radius 2 is 1.82 bits per heavy atom. The number of carbonyl (C=O) groups is 2. The molecule has 0 saturated carbocycles. The van der Waals surface area contributed by atoms with Gasteiger partial charge in [-0.05, 0) is 51.1 Å². The van der Waals surface area contributed by atoms with Crippen molar-refractivity contribution in [2.45, 2.75) is 33.9 Å². The fraction of sp³-hybridized carbons (Fsp3) is 0.273. The van der Waals surface area contributed by atoms with Gasteiger partial charge in [0.05, 0.1) is 0 Å². The predicted molar refractivity (Wildman–Crippen MR) is 104 cm³/mol. The van der Waals surface area contributed by atoms with Gasteiger partial charge in [-0.2, -0.15) is 0 Å². The molecule has 0 aliphatic heterocycles. The summed E-state index contributed by atoms with van der Waals surface area (Å²) in [6, 6.07) is 14.3. The number of Topliss-reactive ketones (excluding diaryl/α,β-unsaturated/α-hetero) is 1. The minimum absolute atomic E-state index is 0.0403. The Morgan fingerprint density at radius 1 is 1.07 bits per heavy atom. The zero-order valence-electron chi connectivity index (χ0n) is 16.2. The van der Waals surface area contributed by atoms with Gasteiger partial charge < -0.3 is 18.5 Å². The number of hydrogen-bond acceptors (Lipinski definition) is 5. The average Bonchev–Trinajstić information content (AvgIpc) is 3.29. The van der Waals surface area contributed by atoms with E-state index < -0.39 is 5.97 Å². The Kier molecular flexibility index (Phi) is 5.99. The summed E-state index contributed by atoms with van der Waals surface area (Å²) in [6.45, 7) is 6.50. The van der Waals surface area contributed by atoms with Crippen molar-refractivity contribution in [2.24, 2.45) is 0 Å². The maximum Gasteiger partial charge on any atom is 0.374 e. The van der Waals surface area contributed by atoms with Gasteiger partial charge in [0.2, 0.25) is 11.5 Å². The van der Waals surface area contributed by atoms with E-state index in [1.807, 2.05) is 61.7 Å². The van der Waals surface area contributed by atoms with E-state index in [1.54, 1.807) is 6.07 Å². The van der Waals surface area contributed by atoms with Crippen LogP contribution in [-0.2, 0) is 17.9 Å². The lowest BCUT2D eigenvalue weighted by molar-refractivity contribution is 0.0440. The zero-order chi connectivity index (χ0) is 20.1. The number of nitrogens with zero attached hydrogens (tertiary/aromatic N) is 1. The van der Waals surface area contributed by atoms with E-state index in [1.165, 1.54) is 6.07 Å². The van der Waals surface area contributed by atoms with Crippen LogP contribution in [0.15, 0.2) is 52.9 Å². The van der Waals surface area contributed by atoms with Gasteiger partial charge in [-0.25, -0.2) is 4.79 Å². The van der Waals surface area contributed by atoms with Gasteiger partial charge in [0.25, 0.3) is 0 Å². The van der Waals surface area contributed by atoms with Crippen LogP contribution in [0, 0.1) is 13.8 Å². The first-order valence-corrected chi connectivity index (χ1v) is 9.13. The summed E-state index contributed by atoms with van der Waals surface area (Å²) in [6.07, 6.45) is 0. The first-order chi connectivity index (χ1) is 13.5. The molecule has 0 bridgehead atoms. The van der Waals surface area contributed by atoms with Gasteiger partial charge in [-0.15, -0.1) is 0 Å². The lowest BCUT2D eigenvalue weighted by Gasteiger charge is -2.06. The summed E-state index contributed by atoms with van der Waals surface area (Å²) in [5.74, 6) is 0.328. The van der Waals surface area contributed by atoms with Crippen LogP contribution in [0.3, 0.4) is 0 Å². The van der Waals surface area contributed by atoms with Crippen LogP contribution in [0.5, 0.6) is 5.75 Å². The van der Waals surface area contributed by atoms with Crippen molar-refractivity contribution in [2.75, 3.05) is 6.61 Å². The molecule has 6 heteroatoms. The third-order valence-electron chi connectivity index (χ3n) is 4.51. The van der Waals surface area contributed by atoms with Crippen molar-refractivity contribution in [3.8, 4) is 5.75 Å². The number of aromatic nitrogens is 1. The Bertz CT molecular complexity index is 968. The van der Waals surface area contributed by atoms with Crippen LogP contribution in [0.2, 0.25) is 0 Å². The molecule has 0 fully saturated rings. The Hall–Kier alpha value is -3.28. The van der Waals surface area contributed by atoms with Gasteiger partial charge in [0.15, 0.2) is 6.61 Å². The largest absolute Gasteiger partial charge is 0.486 e. The summed E-state index contributed by atoms with van der Waals surface area (Å²) in [4.78, 5) is 24.6. The number of rotatable bonds is 8.